The zero-order valence-corrected chi connectivity index (χ0v) is 11.2. The number of aromatic nitrogens is 2. The Labute approximate surface area is 113 Å². The van der Waals surface area contributed by atoms with E-state index >= 15 is 0 Å². The first kappa shape index (κ1) is 13.4. The molecule has 0 amide bonds. The molecule has 0 saturated carbocycles. The predicted octanol–water partition coefficient (Wildman–Crippen LogP) is 2.78. The highest BCUT2D eigenvalue weighted by atomic mass is 16.1. The summed E-state index contributed by atoms with van der Waals surface area (Å²) in [5.41, 5.74) is 3.01. The average Bonchev–Trinajstić information content (AvgIpc) is 2.47. The highest BCUT2D eigenvalue weighted by molar-refractivity contribution is 5.80. The van der Waals surface area contributed by atoms with Gasteiger partial charge in [-0.1, -0.05) is 19.1 Å². The molecule has 98 valence electrons. The number of hydrogen-bond acceptors (Lipinski definition) is 3. The third-order valence-corrected chi connectivity index (χ3v) is 3.06. The van der Waals surface area contributed by atoms with Gasteiger partial charge in [-0.25, -0.2) is 0 Å². The first-order chi connectivity index (χ1) is 9.28. The Morgan fingerprint density at radius 3 is 2.63 bits per heavy atom. The molecule has 0 aliphatic rings. The number of aryl methyl sites for hydroxylation is 2. The van der Waals surface area contributed by atoms with Crippen LogP contribution in [0.1, 0.15) is 30.3 Å². The van der Waals surface area contributed by atoms with E-state index < -0.39 is 0 Å². The van der Waals surface area contributed by atoms with Gasteiger partial charge in [0.25, 0.3) is 0 Å². The van der Waals surface area contributed by atoms with Crippen molar-refractivity contribution < 1.29 is 4.79 Å². The molecule has 0 N–H and O–H groups in total. The lowest BCUT2D eigenvalue weighted by molar-refractivity contribution is -0.118. The fraction of sp³-hybridized carbons (Fsp3) is 0.312. The number of carbonyl (C=O) groups is 1. The maximum Gasteiger partial charge on any atom is 0.139 e. The van der Waals surface area contributed by atoms with Crippen LogP contribution in [0.2, 0.25) is 0 Å². The second-order valence-corrected chi connectivity index (χ2v) is 4.55. The summed E-state index contributed by atoms with van der Waals surface area (Å²) < 4.78 is 0. The molecule has 0 unspecified atom stereocenters. The number of Topliss-reactive ketones (excluding diaryl/α,β-unsaturated/α-hetero) is 1. The first-order valence-electron chi connectivity index (χ1n) is 6.63. The monoisotopic (exact) mass is 254 g/mol. The summed E-state index contributed by atoms with van der Waals surface area (Å²) in [6.45, 7) is 2.09. The molecular weight excluding hydrogens is 236 g/mol. The van der Waals surface area contributed by atoms with Crippen LogP contribution in [0.3, 0.4) is 0 Å². The van der Waals surface area contributed by atoms with Gasteiger partial charge >= 0.3 is 0 Å². The smallest absolute Gasteiger partial charge is 0.139 e. The van der Waals surface area contributed by atoms with E-state index in [0.717, 1.165) is 17.8 Å². The molecule has 0 aliphatic carbocycles. The van der Waals surface area contributed by atoms with E-state index in [-0.39, 0.29) is 5.78 Å². The summed E-state index contributed by atoms with van der Waals surface area (Å²) >= 11 is 0. The Bertz CT molecular complexity index is 520. The number of pyridine rings is 2. The van der Waals surface area contributed by atoms with Gasteiger partial charge in [0.2, 0.25) is 0 Å². The summed E-state index contributed by atoms with van der Waals surface area (Å²) in [6.07, 6.45) is 6.21. The van der Waals surface area contributed by atoms with E-state index in [1.54, 1.807) is 6.20 Å². The summed E-state index contributed by atoms with van der Waals surface area (Å²) in [5.74, 6) is 0.211. The summed E-state index contributed by atoms with van der Waals surface area (Å²) in [4.78, 5) is 20.4. The van der Waals surface area contributed by atoms with Crippen LogP contribution in [-0.2, 0) is 24.1 Å². The van der Waals surface area contributed by atoms with Crippen molar-refractivity contribution in [1.29, 1.82) is 0 Å². The van der Waals surface area contributed by atoms with E-state index in [4.69, 9.17) is 0 Å². The van der Waals surface area contributed by atoms with Gasteiger partial charge in [-0.05, 0) is 36.6 Å². The molecule has 2 aromatic heterocycles. The van der Waals surface area contributed by atoms with Gasteiger partial charge in [-0.15, -0.1) is 0 Å². The zero-order chi connectivity index (χ0) is 13.5. The molecule has 0 fully saturated rings. The third-order valence-electron chi connectivity index (χ3n) is 3.06. The summed E-state index contributed by atoms with van der Waals surface area (Å²) in [6, 6.07) is 9.75. The normalized spacial score (nSPS) is 10.4. The average molecular weight is 254 g/mol. The lowest BCUT2D eigenvalue weighted by Gasteiger charge is -2.02. The van der Waals surface area contributed by atoms with E-state index in [9.17, 15) is 4.79 Å². The third kappa shape index (κ3) is 4.28. The molecule has 2 rings (SSSR count). The van der Waals surface area contributed by atoms with Crippen LogP contribution in [0.15, 0.2) is 42.7 Å². The molecule has 0 aliphatic heterocycles. The van der Waals surface area contributed by atoms with Gasteiger partial charge in [0.05, 0.1) is 0 Å². The molecule has 3 nitrogen and oxygen atoms in total. The molecule has 0 radical (unpaired) electrons. The summed E-state index contributed by atoms with van der Waals surface area (Å²) in [7, 11) is 0. The van der Waals surface area contributed by atoms with Gasteiger partial charge < -0.3 is 0 Å². The van der Waals surface area contributed by atoms with Crippen LogP contribution in [0.5, 0.6) is 0 Å². The van der Waals surface area contributed by atoms with E-state index in [1.807, 2.05) is 36.5 Å². The van der Waals surface area contributed by atoms with E-state index in [0.29, 0.717) is 19.3 Å². The second kappa shape index (κ2) is 6.78. The molecule has 19 heavy (non-hydrogen) atoms. The van der Waals surface area contributed by atoms with Crippen molar-refractivity contribution in [2.24, 2.45) is 0 Å². The number of carbonyl (C=O) groups excluding carboxylic acids is 1. The predicted molar refractivity (Wildman–Crippen MR) is 74.9 cm³/mol. The highest BCUT2D eigenvalue weighted by Gasteiger charge is 2.06. The van der Waals surface area contributed by atoms with Gasteiger partial charge in [-0.3, -0.25) is 14.8 Å². The van der Waals surface area contributed by atoms with Crippen LogP contribution >= 0.6 is 0 Å². The highest BCUT2D eigenvalue weighted by Crippen LogP contribution is 2.05. The number of nitrogens with zero attached hydrogens (tertiary/aromatic N) is 2. The number of ketones is 1. The van der Waals surface area contributed by atoms with Crippen LogP contribution < -0.4 is 0 Å². The zero-order valence-electron chi connectivity index (χ0n) is 11.2. The minimum Gasteiger partial charge on any atom is -0.299 e. The standard InChI is InChI=1S/C16H18N2O/c1-2-13-6-7-15(18-12-13)11-16(19)9-8-14-5-3-4-10-17-14/h3-7,10,12H,2,8-9,11H2,1H3. The van der Waals surface area contributed by atoms with Gasteiger partial charge in [0, 0.05) is 36.6 Å². The molecule has 0 aromatic carbocycles. The summed E-state index contributed by atoms with van der Waals surface area (Å²) in [5, 5.41) is 0. The maximum absolute atomic E-state index is 11.9. The Balaban J connectivity index is 1.83. The van der Waals surface area contributed by atoms with Crippen molar-refractivity contribution in [2.45, 2.75) is 32.6 Å². The quantitative estimate of drug-likeness (QED) is 0.796. The lowest BCUT2D eigenvalue weighted by atomic mass is 10.1. The lowest BCUT2D eigenvalue weighted by Crippen LogP contribution is -2.06. The molecule has 0 saturated heterocycles. The van der Waals surface area contributed by atoms with Gasteiger partial charge in [0.15, 0.2) is 0 Å². The van der Waals surface area contributed by atoms with Crippen molar-refractivity contribution in [1.82, 2.24) is 9.97 Å². The van der Waals surface area contributed by atoms with Crippen molar-refractivity contribution in [3.8, 4) is 0 Å². The molecular formula is C16H18N2O. The van der Waals surface area contributed by atoms with Gasteiger partial charge in [-0.2, -0.15) is 0 Å². The van der Waals surface area contributed by atoms with E-state index in [1.165, 1.54) is 5.56 Å². The van der Waals surface area contributed by atoms with Crippen LogP contribution in [0.25, 0.3) is 0 Å². The topological polar surface area (TPSA) is 42.9 Å². The van der Waals surface area contributed by atoms with Crippen LogP contribution in [-0.4, -0.2) is 15.8 Å². The molecule has 3 heteroatoms. The van der Waals surface area contributed by atoms with Crippen molar-refractivity contribution >= 4 is 5.78 Å². The number of hydrogen-bond donors (Lipinski definition) is 0. The van der Waals surface area contributed by atoms with Crippen LogP contribution in [0.4, 0.5) is 0 Å². The van der Waals surface area contributed by atoms with Gasteiger partial charge in [0.1, 0.15) is 5.78 Å². The van der Waals surface area contributed by atoms with Crippen molar-refractivity contribution in [3.63, 3.8) is 0 Å². The minimum atomic E-state index is 0.211. The Kier molecular flexibility index (Phi) is 4.78. The van der Waals surface area contributed by atoms with Crippen LogP contribution in [0, 0.1) is 0 Å². The fourth-order valence-electron chi connectivity index (χ4n) is 1.87. The van der Waals surface area contributed by atoms with E-state index in [2.05, 4.69) is 16.9 Å². The Morgan fingerprint density at radius 1 is 1.11 bits per heavy atom. The fourth-order valence-corrected chi connectivity index (χ4v) is 1.87. The Morgan fingerprint density at radius 2 is 2.00 bits per heavy atom. The molecule has 0 atom stereocenters. The van der Waals surface area contributed by atoms with Crippen molar-refractivity contribution in [3.05, 3.63) is 59.7 Å². The minimum absolute atomic E-state index is 0.211. The largest absolute Gasteiger partial charge is 0.299 e. The second-order valence-electron chi connectivity index (χ2n) is 4.55. The molecule has 2 aromatic rings. The maximum atomic E-state index is 11.9. The Hall–Kier alpha value is -2.03. The molecule has 0 bridgehead atoms. The first-order valence-corrected chi connectivity index (χ1v) is 6.63. The SMILES string of the molecule is CCc1ccc(CC(=O)CCc2ccccn2)nc1. The van der Waals surface area contributed by atoms with Crippen molar-refractivity contribution in [2.75, 3.05) is 0 Å². The number of rotatable bonds is 6. The molecule has 0 spiro atoms. The molecule has 2 heterocycles.